The molecule has 2 N–H and O–H groups in total. The van der Waals surface area contributed by atoms with Crippen molar-refractivity contribution < 1.29 is 8.42 Å². The Kier molecular flexibility index (Phi) is 2.72. The van der Waals surface area contributed by atoms with Crippen molar-refractivity contribution in [3.63, 3.8) is 0 Å². The number of hydrogen-bond donors (Lipinski definition) is 1. The summed E-state index contributed by atoms with van der Waals surface area (Å²) in [6, 6.07) is -0.628. The van der Waals surface area contributed by atoms with Crippen molar-refractivity contribution in [1.82, 2.24) is 0 Å². The van der Waals surface area contributed by atoms with Gasteiger partial charge in [0.05, 0.1) is 4.91 Å². The Balaban J connectivity index is 3.33. The van der Waals surface area contributed by atoms with Gasteiger partial charge in [-0.15, -0.1) is 0 Å². The van der Waals surface area contributed by atoms with Gasteiger partial charge in [-0.05, 0) is 18.6 Å². The fourth-order valence-electron chi connectivity index (χ4n) is 1.58. The highest BCUT2D eigenvalue weighted by atomic mass is 32.2. The van der Waals surface area contributed by atoms with Crippen LogP contribution in [0.15, 0.2) is 22.6 Å². The highest BCUT2D eigenvalue weighted by Crippen LogP contribution is 2.30. The molecule has 1 aliphatic rings. The third-order valence-corrected chi connectivity index (χ3v) is 3.93. The molecule has 0 aliphatic heterocycles. The van der Waals surface area contributed by atoms with E-state index in [0.29, 0.717) is 5.57 Å². The first-order valence-corrected chi connectivity index (χ1v) is 6.33. The van der Waals surface area contributed by atoms with Gasteiger partial charge in [-0.1, -0.05) is 0 Å². The SMILES string of the molecule is CC1=C(S(C)(=O)=O)C=CC(C)([N+]#N)C1N. The molecule has 0 heterocycles. The van der Waals surface area contributed by atoms with Crippen molar-refractivity contribution >= 4 is 9.84 Å². The van der Waals surface area contributed by atoms with Crippen LogP contribution in [0.25, 0.3) is 4.98 Å². The second-order valence-corrected chi connectivity index (χ2v) is 5.94. The molecule has 0 radical (unpaired) electrons. The Hall–Kier alpha value is -1.19. The van der Waals surface area contributed by atoms with Gasteiger partial charge in [0.2, 0.25) is 5.39 Å². The number of allylic oxidation sites excluding steroid dienone is 1. The van der Waals surface area contributed by atoms with Gasteiger partial charge in [0, 0.05) is 19.3 Å². The fraction of sp³-hybridized carbons (Fsp3) is 0.556. The van der Waals surface area contributed by atoms with E-state index < -0.39 is 21.4 Å². The Labute approximate surface area is 89.2 Å². The lowest BCUT2D eigenvalue weighted by Crippen LogP contribution is -2.44. The highest BCUT2D eigenvalue weighted by Gasteiger charge is 2.47. The number of hydrogen-bond acceptors (Lipinski definition) is 4. The van der Waals surface area contributed by atoms with Crippen LogP contribution in [0.4, 0.5) is 0 Å². The van der Waals surface area contributed by atoms with Crippen LogP contribution >= 0.6 is 0 Å². The summed E-state index contributed by atoms with van der Waals surface area (Å²) >= 11 is 0. The fourth-order valence-corrected chi connectivity index (χ4v) is 2.61. The summed E-state index contributed by atoms with van der Waals surface area (Å²) in [5.41, 5.74) is 5.40. The molecule has 0 bridgehead atoms. The standard InChI is InChI=1S/C9H14N3O2S/c1-6-7(15(3,13)14)4-5-9(2,12-11)8(6)10/h4-5,8H,10H2,1-3H3/q+1. The van der Waals surface area contributed by atoms with Crippen LogP contribution in [-0.4, -0.2) is 26.3 Å². The molecule has 15 heavy (non-hydrogen) atoms. The Bertz CT molecular complexity index is 484. The lowest BCUT2D eigenvalue weighted by atomic mass is 9.85. The molecule has 0 saturated heterocycles. The Morgan fingerprint density at radius 2 is 2.13 bits per heavy atom. The van der Waals surface area contributed by atoms with E-state index in [2.05, 4.69) is 4.98 Å². The van der Waals surface area contributed by atoms with Gasteiger partial charge in [0.15, 0.2) is 9.84 Å². The molecule has 0 aromatic heterocycles. The third-order valence-electron chi connectivity index (χ3n) is 2.67. The molecular formula is C9H14N3O2S+. The summed E-state index contributed by atoms with van der Waals surface area (Å²) in [7, 11) is -3.28. The maximum atomic E-state index is 11.4. The third kappa shape index (κ3) is 1.94. The van der Waals surface area contributed by atoms with E-state index >= 15 is 0 Å². The van der Waals surface area contributed by atoms with E-state index in [1.165, 1.54) is 12.2 Å². The monoisotopic (exact) mass is 228 g/mol. The number of nitrogens with two attached hydrogens (primary N) is 1. The molecule has 0 spiro atoms. The molecule has 1 aliphatic carbocycles. The van der Waals surface area contributed by atoms with Crippen LogP contribution < -0.4 is 5.73 Å². The smallest absolute Gasteiger partial charge is 0.317 e. The predicted octanol–water partition coefficient (Wildman–Crippen LogP) is 0.814. The van der Waals surface area contributed by atoms with Crippen LogP contribution in [0.5, 0.6) is 0 Å². The first kappa shape index (κ1) is 11.9. The van der Waals surface area contributed by atoms with Crippen molar-refractivity contribution in [2.24, 2.45) is 5.73 Å². The van der Waals surface area contributed by atoms with Crippen LogP contribution in [0, 0.1) is 5.39 Å². The van der Waals surface area contributed by atoms with Crippen LogP contribution in [0.2, 0.25) is 0 Å². The summed E-state index contributed by atoms with van der Waals surface area (Å²) in [5, 5.41) is 8.85. The quantitative estimate of drug-likeness (QED) is 0.673. The molecule has 0 fully saturated rings. The topological polar surface area (TPSA) is 88.3 Å². The number of sulfone groups is 1. The van der Waals surface area contributed by atoms with Crippen LogP contribution in [-0.2, 0) is 9.84 Å². The van der Waals surface area contributed by atoms with E-state index in [1.807, 2.05) is 0 Å². The molecule has 5 nitrogen and oxygen atoms in total. The first-order valence-electron chi connectivity index (χ1n) is 4.44. The summed E-state index contributed by atoms with van der Waals surface area (Å²) < 4.78 is 22.8. The minimum absolute atomic E-state index is 0.205. The van der Waals surface area contributed by atoms with Gasteiger partial charge in [0.1, 0.15) is 11.0 Å². The molecule has 2 unspecified atom stereocenters. The number of diazo groups is 1. The second-order valence-electron chi connectivity index (χ2n) is 3.96. The van der Waals surface area contributed by atoms with Crippen molar-refractivity contribution in [3.8, 4) is 0 Å². The summed E-state index contributed by atoms with van der Waals surface area (Å²) in [6.07, 6.45) is 4.07. The molecule has 82 valence electrons. The normalized spacial score (nSPS) is 31.5. The van der Waals surface area contributed by atoms with Crippen molar-refractivity contribution in [2.75, 3.05) is 6.26 Å². The van der Waals surface area contributed by atoms with Gasteiger partial charge in [0.25, 0.3) is 0 Å². The van der Waals surface area contributed by atoms with E-state index in [9.17, 15) is 8.42 Å². The van der Waals surface area contributed by atoms with Gasteiger partial charge in [-0.25, -0.2) is 8.42 Å². The molecule has 6 heteroatoms. The van der Waals surface area contributed by atoms with Gasteiger partial charge in [-0.3, -0.25) is 0 Å². The molecule has 0 aromatic rings. The second kappa shape index (κ2) is 3.43. The molecule has 0 saturated carbocycles. The molecule has 1 rings (SSSR count). The minimum Gasteiger partial charge on any atom is -0.317 e. The zero-order valence-electron chi connectivity index (χ0n) is 8.93. The molecular weight excluding hydrogens is 214 g/mol. The maximum Gasteiger partial charge on any atom is 0.357 e. The lowest BCUT2D eigenvalue weighted by Gasteiger charge is -2.22. The summed E-state index contributed by atoms with van der Waals surface area (Å²) in [5.74, 6) is 0. The average molecular weight is 228 g/mol. The van der Waals surface area contributed by atoms with Crippen LogP contribution in [0.3, 0.4) is 0 Å². The van der Waals surface area contributed by atoms with E-state index in [1.54, 1.807) is 13.8 Å². The lowest BCUT2D eigenvalue weighted by molar-refractivity contribution is 0.556. The molecule has 2 atom stereocenters. The van der Waals surface area contributed by atoms with Crippen molar-refractivity contribution in [2.45, 2.75) is 25.4 Å². The molecule has 0 aromatic carbocycles. The van der Waals surface area contributed by atoms with E-state index in [-0.39, 0.29) is 4.91 Å². The van der Waals surface area contributed by atoms with Crippen LogP contribution in [0.1, 0.15) is 13.8 Å². The van der Waals surface area contributed by atoms with Gasteiger partial charge in [-0.2, -0.15) is 0 Å². The van der Waals surface area contributed by atoms with E-state index in [0.717, 1.165) is 6.26 Å². The Morgan fingerprint density at radius 3 is 2.53 bits per heavy atom. The van der Waals surface area contributed by atoms with Crippen molar-refractivity contribution in [3.05, 3.63) is 27.6 Å². The zero-order chi connectivity index (χ0) is 11.9. The highest BCUT2D eigenvalue weighted by molar-refractivity contribution is 7.94. The maximum absolute atomic E-state index is 11.4. The number of rotatable bonds is 1. The van der Waals surface area contributed by atoms with Gasteiger partial charge < -0.3 is 5.73 Å². The predicted molar refractivity (Wildman–Crippen MR) is 58.1 cm³/mol. The van der Waals surface area contributed by atoms with E-state index in [4.69, 9.17) is 11.1 Å². The average Bonchev–Trinajstić information content (AvgIpc) is 2.12. The summed E-state index contributed by atoms with van der Waals surface area (Å²) in [6.45, 7) is 3.27. The van der Waals surface area contributed by atoms with Crippen molar-refractivity contribution in [1.29, 1.82) is 5.39 Å². The minimum atomic E-state index is -3.28. The zero-order valence-corrected chi connectivity index (χ0v) is 9.75. The van der Waals surface area contributed by atoms with Gasteiger partial charge >= 0.3 is 5.54 Å². The first-order chi connectivity index (χ1) is 6.72. The molecule has 0 amide bonds. The largest absolute Gasteiger partial charge is 0.357 e. The summed E-state index contributed by atoms with van der Waals surface area (Å²) in [4.78, 5) is 3.39. The number of nitrogens with zero attached hydrogens (tertiary/aromatic N) is 2. The Morgan fingerprint density at radius 1 is 1.60 bits per heavy atom.